The molecule has 0 aliphatic heterocycles. The summed E-state index contributed by atoms with van der Waals surface area (Å²) in [5, 5.41) is 2.63. The van der Waals surface area contributed by atoms with Gasteiger partial charge in [-0.2, -0.15) is 0 Å². The van der Waals surface area contributed by atoms with Crippen molar-refractivity contribution in [3.8, 4) is 0 Å². The van der Waals surface area contributed by atoms with Gasteiger partial charge in [-0.15, -0.1) is 0 Å². The van der Waals surface area contributed by atoms with E-state index in [0.29, 0.717) is 18.3 Å². The van der Waals surface area contributed by atoms with Gasteiger partial charge in [0.2, 0.25) is 0 Å². The van der Waals surface area contributed by atoms with E-state index >= 15 is 0 Å². The van der Waals surface area contributed by atoms with E-state index in [1.807, 2.05) is 0 Å². The third-order valence-corrected chi connectivity index (χ3v) is 7.77. The maximum absolute atomic E-state index is 12.5. The second-order valence-electron chi connectivity index (χ2n) is 6.25. The van der Waals surface area contributed by atoms with Gasteiger partial charge in [0, 0.05) is 12.3 Å². The molecule has 1 aliphatic carbocycles. The highest BCUT2D eigenvalue weighted by molar-refractivity contribution is 7.95. The molecule has 120 valence electrons. The summed E-state index contributed by atoms with van der Waals surface area (Å²) in [7, 11) is -4.86. The standard InChI is InChI=1S/C13H27NO4S2/c1-10(2)11-5-6-12(14-3)13(9-11)20(17,18)8-7-19(4,15)16/h10-14H,5-9H2,1-4H3. The fraction of sp³-hybridized carbons (Fsp3) is 1.00. The lowest BCUT2D eigenvalue weighted by Crippen LogP contribution is -2.48. The van der Waals surface area contributed by atoms with Gasteiger partial charge < -0.3 is 5.32 Å². The molecule has 5 nitrogen and oxygen atoms in total. The summed E-state index contributed by atoms with van der Waals surface area (Å²) < 4.78 is 47.3. The molecule has 3 unspecified atom stereocenters. The minimum Gasteiger partial charge on any atom is -0.316 e. The minimum absolute atomic E-state index is 0.0606. The summed E-state index contributed by atoms with van der Waals surface area (Å²) in [6.07, 6.45) is 3.58. The van der Waals surface area contributed by atoms with Crippen LogP contribution in [0.4, 0.5) is 0 Å². The summed E-state index contributed by atoms with van der Waals surface area (Å²) in [4.78, 5) is 0. The highest BCUT2D eigenvalue weighted by Crippen LogP contribution is 2.33. The van der Waals surface area contributed by atoms with Gasteiger partial charge >= 0.3 is 0 Å². The summed E-state index contributed by atoms with van der Waals surface area (Å²) in [5.41, 5.74) is 0. The van der Waals surface area contributed by atoms with Gasteiger partial charge in [-0.3, -0.25) is 0 Å². The van der Waals surface area contributed by atoms with Crippen molar-refractivity contribution in [2.45, 2.75) is 44.4 Å². The summed E-state index contributed by atoms with van der Waals surface area (Å²) >= 11 is 0. The molecule has 0 spiro atoms. The number of hydrogen-bond donors (Lipinski definition) is 1. The van der Waals surface area contributed by atoms with Crippen LogP contribution in [0.1, 0.15) is 33.1 Å². The molecule has 0 aromatic carbocycles. The topological polar surface area (TPSA) is 80.3 Å². The maximum atomic E-state index is 12.5. The average Bonchev–Trinajstić information content (AvgIpc) is 2.35. The van der Waals surface area contributed by atoms with Crippen molar-refractivity contribution in [2.75, 3.05) is 24.8 Å². The van der Waals surface area contributed by atoms with Crippen molar-refractivity contribution in [1.29, 1.82) is 0 Å². The lowest BCUT2D eigenvalue weighted by molar-refractivity contribution is 0.246. The Morgan fingerprint density at radius 2 is 1.70 bits per heavy atom. The Labute approximate surface area is 123 Å². The zero-order chi connectivity index (χ0) is 15.6. The van der Waals surface area contributed by atoms with E-state index in [-0.39, 0.29) is 17.5 Å². The first-order chi connectivity index (χ1) is 9.07. The highest BCUT2D eigenvalue weighted by Gasteiger charge is 2.39. The largest absolute Gasteiger partial charge is 0.316 e. The Kier molecular flexibility index (Phi) is 6.04. The van der Waals surface area contributed by atoms with Crippen molar-refractivity contribution in [3.05, 3.63) is 0 Å². The van der Waals surface area contributed by atoms with E-state index in [1.165, 1.54) is 0 Å². The van der Waals surface area contributed by atoms with Gasteiger partial charge in [-0.1, -0.05) is 13.8 Å². The quantitative estimate of drug-likeness (QED) is 0.783. The van der Waals surface area contributed by atoms with Crippen molar-refractivity contribution < 1.29 is 16.8 Å². The summed E-state index contributed by atoms with van der Waals surface area (Å²) in [5.74, 6) is 0.312. The van der Waals surface area contributed by atoms with Crippen molar-refractivity contribution in [1.82, 2.24) is 5.32 Å². The smallest absolute Gasteiger partial charge is 0.155 e. The lowest BCUT2D eigenvalue weighted by Gasteiger charge is -2.37. The predicted octanol–water partition coefficient (Wildman–Crippen LogP) is 0.859. The van der Waals surface area contributed by atoms with E-state index in [1.54, 1.807) is 7.05 Å². The van der Waals surface area contributed by atoms with Crippen LogP contribution in [-0.2, 0) is 19.7 Å². The van der Waals surface area contributed by atoms with Crippen molar-refractivity contribution >= 4 is 19.7 Å². The van der Waals surface area contributed by atoms with Crippen LogP contribution in [0, 0.1) is 11.8 Å². The van der Waals surface area contributed by atoms with E-state index in [2.05, 4.69) is 19.2 Å². The van der Waals surface area contributed by atoms with Crippen LogP contribution in [0.15, 0.2) is 0 Å². The van der Waals surface area contributed by atoms with Crippen LogP contribution in [0.5, 0.6) is 0 Å². The molecule has 1 rings (SSSR count). The Hall–Kier alpha value is -0.140. The van der Waals surface area contributed by atoms with Gasteiger partial charge in [0.05, 0.1) is 16.8 Å². The molecule has 3 atom stereocenters. The SMILES string of the molecule is CNC1CCC(C(C)C)CC1S(=O)(=O)CCS(C)(=O)=O. The number of rotatable bonds is 6. The molecule has 0 saturated heterocycles. The second-order valence-corrected chi connectivity index (χ2v) is 10.8. The van der Waals surface area contributed by atoms with Gasteiger partial charge in [-0.25, -0.2) is 16.8 Å². The third kappa shape index (κ3) is 5.00. The van der Waals surface area contributed by atoms with Gasteiger partial charge in [0.1, 0.15) is 9.84 Å². The normalized spacial score (nSPS) is 28.8. The second kappa shape index (κ2) is 6.75. The predicted molar refractivity (Wildman–Crippen MR) is 82.3 cm³/mol. The van der Waals surface area contributed by atoms with Crippen LogP contribution in [0.2, 0.25) is 0 Å². The van der Waals surface area contributed by atoms with E-state index in [0.717, 1.165) is 19.1 Å². The fourth-order valence-corrected chi connectivity index (χ4v) is 6.67. The average molecular weight is 325 g/mol. The van der Waals surface area contributed by atoms with E-state index < -0.39 is 24.9 Å². The molecule has 0 bridgehead atoms. The zero-order valence-electron chi connectivity index (χ0n) is 12.8. The minimum atomic E-state index is -3.39. The highest BCUT2D eigenvalue weighted by atomic mass is 32.2. The van der Waals surface area contributed by atoms with Crippen LogP contribution >= 0.6 is 0 Å². The molecule has 0 aromatic rings. The molecule has 0 radical (unpaired) electrons. The third-order valence-electron chi connectivity index (χ3n) is 4.35. The monoisotopic (exact) mass is 325 g/mol. The van der Waals surface area contributed by atoms with Crippen molar-refractivity contribution in [3.63, 3.8) is 0 Å². The Bertz CT molecular complexity index is 510. The van der Waals surface area contributed by atoms with Crippen LogP contribution in [0.3, 0.4) is 0 Å². The molecule has 20 heavy (non-hydrogen) atoms. The summed E-state index contributed by atoms with van der Waals surface area (Å²) in [6.45, 7) is 4.23. The Balaban J connectivity index is 2.87. The Morgan fingerprint density at radius 3 is 2.15 bits per heavy atom. The van der Waals surface area contributed by atoms with Crippen LogP contribution in [0.25, 0.3) is 0 Å². The maximum Gasteiger partial charge on any atom is 0.155 e. The lowest BCUT2D eigenvalue weighted by atomic mass is 9.79. The van der Waals surface area contributed by atoms with Gasteiger partial charge in [0.25, 0.3) is 0 Å². The van der Waals surface area contributed by atoms with Crippen molar-refractivity contribution in [2.24, 2.45) is 11.8 Å². The van der Waals surface area contributed by atoms with Crippen LogP contribution in [-0.4, -0.2) is 52.9 Å². The number of sulfone groups is 2. The van der Waals surface area contributed by atoms with Crippen LogP contribution < -0.4 is 5.32 Å². The molecular formula is C13H27NO4S2. The zero-order valence-corrected chi connectivity index (χ0v) is 14.4. The molecule has 0 amide bonds. The molecule has 1 N–H and O–H groups in total. The number of nitrogens with one attached hydrogen (secondary N) is 1. The first-order valence-electron chi connectivity index (χ1n) is 7.13. The molecule has 7 heteroatoms. The molecule has 1 saturated carbocycles. The van der Waals surface area contributed by atoms with E-state index in [4.69, 9.17) is 0 Å². The molecule has 1 aliphatic rings. The Morgan fingerprint density at radius 1 is 1.10 bits per heavy atom. The van der Waals surface area contributed by atoms with E-state index in [9.17, 15) is 16.8 Å². The summed E-state index contributed by atoms with van der Waals surface area (Å²) in [6, 6.07) is -0.0606. The first-order valence-corrected chi connectivity index (χ1v) is 10.9. The molecule has 1 fully saturated rings. The van der Waals surface area contributed by atoms with Gasteiger partial charge in [-0.05, 0) is 38.1 Å². The molecule has 0 aromatic heterocycles. The fourth-order valence-electron chi connectivity index (χ4n) is 2.91. The first kappa shape index (κ1) is 17.9. The van der Waals surface area contributed by atoms with Gasteiger partial charge in [0.15, 0.2) is 9.84 Å². The number of hydrogen-bond acceptors (Lipinski definition) is 5. The molecule has 0 heterocycles. The molecular weight excluding hydrogens is 298 g/mol.